The van der Waals surface area contributed by atoms with Gasteiger partial charge in [0.15, 0.2) is 5.82 Å². The normalized spacial score (nSPS) is 11.4. The van der Waals surface area contributed by atoms with Crippen LogP contribution in [-0.2, 0) is 0 Å². The first-order valence-corrected chi connectivity index (χ1v) is 9.04. The lowest BCUT2D eigenvalue weighted by Gasteiger charge is -2.09. The Labute approximate surface area is 159 Å². The fourth-order valence-corrected chi connectivity index (χ4v) is 3.37. The first kappa shape index (κ1) is 17.0. The maximum atomic E-state index is 4.74. The molecule has 0 radical (unpaired) electrons. The highest BCUT2D eigenvalue weighted by Gasteiger charge is 2.10. The summed E-state index contributed by atoms with van der Waals surface area (Å²) < 4.78 is 4.13. The van der Waals surface area contributed by atoms with Crippen LogP contribution in [0.3, 0.4) is 0 Å². The summed E-state index contributed by atoms with van der Waals surface area (Å²) in [7, 11) is 0. The highest BCUT2D eigenvalue weighted by Crippen LogP contribution is 2.22. The molecule has 0 amide bonds. The van der Waals surface area contributed by atoms with Gasteiger partial charge >= 0.3 is 0 Å². The minimum atomic E-state index is 0.822. The van der Waals surface area contributed by atoms with Crippen LogP contribution in [0.1, 0.15) is 22.6 Å². The van der Waals surface area contributed by atoms with Gasteiger partial charge < -0.3 is 4.57 Å². The fraction of sp³-hybridized carbons (Fsp3) is 0.130. The SMILES string of the molecule is Cc1cc(N=Cc2cc(C)n(-c3ccccc3)c2C)n(-c2ccccc2)n1. The second-order valence-electron chi connectivity index (χ2n) is 6.65. The van der Waals surface area contributed by atoms with E-state index in [1.54, 1.807) is 0 Å². The number of hydrogen-bond donors (Lipinski definition) is 0. The van der Waals surface area contributed by atoms with E-state index in [2.05, 4.69) is 53.8 Å². The number of para-hydroxylation sites is 2. The number of hydrogen-bond acceptors (Lipinski definition) is 2. The predicted molar refractivity (Wildman–Crippen MR) is 111 cm³/mol. The number of rotatable bonds is 4. The topological polar surface area (TPSA) is 35.1 Å². The number of aromatic nitrogens is 3. The minimum Gasteiger partial charge on any atom is -0.318 e. The van der Waals surface area contributed by atoms with Crippen LogP contribution in [0.2, 0.25) is 0 Å². The van der Waals surface area contributed by atoms with Gasteiger partial charge in [-0.2, -0.15) is 5.10 Å². The van der Waals surface area contributed by atoms with Gasteiger partial charge in [-0.1, -0.05) is 36.4 Å². The van der Waals surface area contributed by atoms with Gasteiger partial charge in [-0.15, -0.1) is 0 Å². The lowest BCUT2D eigenvalue weighted by Crippen LogP contribution is -1.99. The van der Waals surface area contributed by atoms with Gasteiger partial charge in [0, 0.05) is 34.9 Å². The maximum Gasteiger partial charge on any atom is 0.155 e. The molecule has 0 atom stereocenters. The molecule has 27 heavy (non-hydrogen) atoms. The van der Waals surface area contributed by atoms with Crippen LogP contribution in [0, 0.1) is 20.8 Å². The van der Waals surface area contributed by atoms with Crippen LogP contribution in [0.15, 0.2) is 77.8 Å². The molecule has 4 nitrogen and oxygen atoms in total. The van der Waals surface area contributed by atoms with E-state index in [0.717, 1.165) is 28.5 Å². The van der Waals surface area contributed by atoms with E-state index in [4.69, 9.17) is 4.99 Å². The van der Waals surface area contributed by atoms with Gasteiger partial charge in [0.2, 0.25) is 0 Å². The molecule has 4 heteroatoms. The highest BCUT2D eigenvalue weighted by atomic mass is 15.3. The van der Waals surface area contributed by atoms with Crippen LogP contribution in [0.5, 0.6) is 0 Å². The maximum absolute atomic E-state index is 4.74. The van der Waals surface area contributed by atoms with E-state index in [-0.39, 0.29) is 0 Å². The summed E-state index contributed by atoms with van der Waals surface area (Å²) in [5, 5.41) is 4.58. The van der Waals surface area contributed by atoms with E-state index in [0.29, 0.717) is 0 Å². The lowest BCUT2D eigenvalue weighted by atomic mass is 10.2. The number of benzene rings is 2. The molecule has 0 aliphatic heterocycles. The van der Waals surface area contributed by atoms with Gasteiger partial charge in [0.1, 0.15) is 0 Å². The molecule has 0 unspecified atom stereocenters. The molecular formula is C23H22N4. The molecule has 0 saturated heterocycles. The largest absolute Gasteiger partial charge is 0.318 e. The molecule has 0 saturated carbocycles. The summed E-state index contributed by atoms with van der Waals surface area (Å²) in [6.07, 6.45) is 1.93. The molecule has 0 spiro atoms. The third kappa shape index (κ3) is 3.34. The van der Waals surface area contributed by atoms with Crippen LogP contribution in [0.25, 0.3) is 11.4 Å². The molecule has 0 fully saturated rings. The molecule has 0 bridgehead atoms. The van der Waals surface area contributed by atoms with Crippen molar-refractivity contribution in [2.45, 2.75) is 20.8 Å². The third-order valence-electron chi connectivity index (χ3n) is 4.63. The summed E-state index contributed by atoms with van der Waals surface area (Å²) in [5.41, 5.74) is 6.58. The van der Waals surface area contributed by atoms with Crippen molar-refractivity contribution in [1.29, 1.82) is 0 Å². The van der Waals surface area contributed by atoms with Gasteiger partial charge in [-0.25, -0.2) is 9.67 Å². The Morgan fingerprint density at radius 2 is 1.44 bits per heavy atom. The molecule has 2 aromatic heterocycles. The van der Waals surface area contributed by atoms with Crippen LogP contribution in [0.4, 0.5) is 5.82 Å². The molecule has 0 N–H and O–H groups in total. The standard InChI is InChI=1S/C23H22N4/c1-17-14-23(27(25-17)22-12-8-5-9-13-22)24-16-20-15-18(2)26(19(20)3)21-10-6-4-7-11-21/h4-16H,1-3H3. The number of aliphatic imine (C=N–C) groups is 1. The van der Waals surface area contributed by atoms with E-state index in [1.165, 1.54) is 11.4 Å². The Bertz CT molecular complexity index is 1090. The van der Waals surface area contributed by atoms with E-state index in [9.17, 15) is 0 Å². The van der Waals surface area contributed by atoms with Crippen LogP contribution in [-0.4, -0.2) is 20.6 Å². The summed E-state index contributed by atoms with van der Waals surface area (Å²) in [6, 6.07) is 24.6. The summed E-state index contributed by atoms with van der Waals surface area (Å²) >= 11 is 0. The van der Waals surface area contributed by atoms with Crippen molar-refractivity contribution in [2.24, 2.45) is 4.99 Å². The first-order chi connectivity index (χ1) is 13.1. The van der Waals surface area contributed by atoms with Gasteiger partial charge in [0.25, 0.3) is 0 Å². The number of aryl methyl sites for hydroxylation is 2. The molecule has 0 aliphatic rings. The third-order valence-corrected chi connectivity index (χ3v) is 4.63. The first-order valence-electron chi connectivity index (χ1n) is 9.04. The Kier molecular flexibility index (Phi) is 4.47. The zero-order chi connectivity index (χ0) is 18.8. The van der Waals surface area contributed by atoms with Crippen molar-refractivity contribution in [3.05, 3.63) is 95.4 Å². The van der Waals surface area contributed by atoms with Crippen molar-refractivity contribution in [1.82, 2.24) is 14.3 Å². The Morgan fingerprint density at radius 3 is 2.11 bits per heavy atom. The Morgan fingerprint density at radius 1 is 0.815 bits per heavy atom. The van der Waals surface area contributed by atoms with Gasteiger partial charge in [0.05, 0.1) is 11.4 Å². The van der Waals surface area contributed by atoms with E-state index in [1.807, 2.05) is 60.3 Å². The van der Waals surface area contributed by atoms with Crippen molar-refractivity contribution < 1.29 is 0 Å². The zero-order valence-corrected chi connectivity index (χ0v) is 15.8. The lowest BCUT2D eigenvalue weighted by molar-refractivity contribution is 0.863. The van der Waals surface area contributed by atoms with E-state index >= 15 is 0 Å². The molecular weight excluding hydrogens is 332 g/mol. The van der Waals surface area contributed by atoms with Crippen molar-refractivity contribution in [3.63, 3.8) is 0 Å². The van der Waals surface area contributed by atoms with Crippen molar-refractivity contribution >= 4 is 12.0 Å². The molecule has 2 aromatic carbocycles. The average molecular weight is 354 g/mol. The smallest absolute Gasteiger partial charge is 0.155 e. The molecule has 2 heterocycles. The van der Waals surface area contributed by atoms with Crippen LogP contribution >= 0.6 is 0 Å². The van der Waals surface area contributed by atoms with Crippen LogP contribution < -0.4 is 0 Å². The average Bonchev–Trinajstić information content (AvgIpc) is 3.20. The molecule has 4 aromatic rings. The summed E-state index contributed by atoms with van der Waals surface area (Å²) in [6.45, 7) is 6.23. The predicted octanol–water partition coefficient (Wildman–Crippen LogP) is 5.34. The van der Waals surface area contributed by atoms with Gasteiger partial charge in [-0.3, -0.25) is 0 Å². The second-order valence-corrected chi connectivity index (χ2v) is 6.65. The second kappa shape index (κ2) is 7.08. The summed E-state index contributed by atoms with van der Waals surface area (Å²) in [5.74, 6) is 0.822. The van der Waals surface area contributed by atoms with Gasteiger partial charge in [-0.05, 0) is 51.1 Å². The monoisotopic (exact) mass is 354 g/mol. The molecule has 0 aliphatic carbocycles. The van der Waals surface area contributed by atoms with Crippen molar-refractivity contribution in [2.75, 3.05) is 0 Å². The fourth-order valence-electron chi connectivity index (χ4n) is 3.37. The van der Waals surface area contributed by atoms with E-state index < -0.39 is 0 Å². The molecule has 134 valence electrons. The Balaban J connectivity index is 1.71. The Hall–Kier alpha value is -3.40. The quantitative estimate of drug-likeness (QED) is 0.456. The number of nitrogens with zero attached hydrogens (tertiary/aromatic N) is 4. The minimum absolute atomic E-state index is 0.822. The highest BCUT2D eigenvalue weighted by molar-refractivity contribution is 5.84. The van der Waals surface area contributed by atoms with Crippen molar-refractivity contribution in [3.8, 4) is 11.4 Å². The molecule has 4 rings (SSSR count). The summed E-state index contributed by atoms with van der Waals surface area (Å²) in [4.78, 5) is 4.74. The zero-order valence-electron chi connectivity index (χ0n) is 15.8.